The molecule has 6 nitrogen and oxygen atoms in total. The van der Waals surface area contributed by atoms with Crippen molar-refractivity contribution in [2.45, 2.75) is 25.9 Å². The van der Waals surface area contributed by atoms with E-state index in [0.717, 1.165) is 25.9 Å². The van der Waals surface area contributed by atoms with Crippen LogP contribution in [-0.2, 0) is 0 Å². The predicted octanol–water partition coefficient (Wildman–Crippen LogP) is 0.898. The van der Waals surface area contributed by atoms with Gasteiger partial charge in [0, 0.05) is 13.1 Å². The van der Waals surface area contributed by atoms with Crippen LogP contribution in [0.3, 0.4) is 0 Å². The number of primary amides is 1. The molecule has 108 valence electrons. The SMILES string of the molecule is CC(O)C1CCN(c2sc(C#N)c(N)c2C(N)=O)CC1. The number of anilines is 2. The maximum Gasteiger partial charge on any atom is 0.253 e. The van der Waals surface area contributed by atoms with Crippen molar-refractivity contribution in [2.75, 3.05) is 23.7 Å². The minimum atomic E-state index is -0.604. The summed E-state index contributed by atoms with van der Waals surface area (Å²) >= 11 is 1.21. The lowest BCUT2D eigenvalue weighted by Gasteiger charge is -2.34. The smallest absolute Gasteiger partial charge is 0.253 e. The number of nitriles is 1. The van der Waals surface area contributed by atoms with Gasteiger partial charge in [-0.2, -0.15) is 5.26 Å². The van der Waals surface area contributed by atoms with Crippen LogP contribution in [0.2, 0.25) is 0 Å². The van der Waals surface area contributed by atoms with Crippen LogP contribution in [-0.4, -0.2) is 30.2 Å². The van der Waals surface area contributed by atoms with Gasteiger partial charge in [-0.25, -0.2) is 0 Å². The number of nitrogens with two attached hydrogens (primary N) is 2. The van der Waals surface area contributed by atoms with Gasteiger partial charge < -0.3 is 21.5 Å². The number of carbonyl (C=O) groups is 1. The Bertz CT molecular complexity index is 553. The van der Waals surface area contributed by atoms with Crippen molar-refractivity contribution >= 4 is 27.9 Å². The normalized spacial score (nSPS) is 17.8. The molecule has 0 spiro atoms. The highest BCUT2D eigenvalue weighted by atomic mass is 32.1. The fourth-order valence-electron chi connectivity index (χ4n) is 2.56. The highest BCUT2D eigenvalue weighted by Gasteiger charge is 2.28. The maximum atomic E-state index is 11.6. The van der Waals surface area contributed by atoms with Gasteiger partial charge in [-0.05, 0) is 25.7 Å². The van der Waals surface area contributed by atoms with E-state index in [0.29, 0.717) is 9.88 Å². The Balaban J connectivity index is 2.26. The number of hydrogen-bond acceptors (Lipinski definition) is 6. The Kier molecular flexibility index (Phi) is 4.16. The zero-order valence-corrected chi connectivity index (χ0v) is 12.1. The summed E-state index contributed by atoms with van der Waals surface area (Å²) in [6.45, 7) is 3.24. The van der Waals surface area contributed by atoms with Gasteiger partial charge in [0.15, 0.2) is 0 Å². The summed E-state index contributed by atoms with van der Waals surface area (Å²) in [6, 6.07) is 2.00. The number of nitrogen functional groups attached to an aromatic ring is 1. The number of nitrogens with zero attached hydrogens (tertiary/aromatic N) is 2. The third kappa shape index (κ3) is 2.57. The summed E-state index contributed by atoms with van der Waals surface area (Å²) in [7, 11) is 0. The number of aliphatic hydroxyl groups is 1. The van der Waals surface area contributed by atoms with Gasteiger partial charge in [0.2, 0.25) is 0 Å². The first kappa shape index (κ1) is 14.6. The zero-order chi connectivity index (χ0) is 14.9. The van der Waals surface area contributed by atoms with Crippen molar-refractivity contribution in [1.29, 1.82) is 5.26 Å². The molecular formula is C13H18N4O2S. The lowest BCUT2D eigenvalue weighted by molar-refractivity contribution is 0.0999. The Morgan fingerprint density at radius 2 is 2.15 bits per heavy atom. The second-order valence-electron chi connectivity index (χ2n) is 5.07. The van der Waals surface area contributed by atoms with Crippen LogP contribution in [0.1, 0.15) is 35.0 Å². The Hall–Kier alpha value is -1.78. The van der Waals surface area contributed by atoms with Gasteiger partial charge in [0.25, 0.3) is 5.91 Å². The van der Waals surface area contributed by atoms with Gasteiger partial charge >= 0.3 is 0 Å². The Labute approximate surface area is 121 Å². The number of hydrogen-bond donors (Lipinski definition) is 3. The zero-order valence-electron chi connectivity index (χ0n) is 11.3. The van der Waals surface area contributed by atoms with Gasteiger partial charge in [-0.1, -0.05) is 0 Å². The minimum absolute atomic E-state index is 0.178. The molecule has 7 heteroatoms. The van der Waals surface area contributed by atoms with Gasteiger partial charge in [0.1, 0.15) is 15.9 Å². The third-order valence-electron chi connectivity index (χ3n) is 3.78. The molecule has 1 amide bonds. The van der Waals surface area contributed by atoms with E-state index in [4.69, 9.17) is 16.7 Å². The monoisotopic (exact) mass is 294 g/mol. The molecule has 1 aromatic heterocycles. The molecule has 20 heavy (non-hydrogen) atoms. The molecule has 1 aliphatic rings. The molecule has 1 unspecified atom stereocenters. The summed E-state index contributed by atoms with van der Waals surface area (Å²) in [5.41, 5.74) is 11.6. The lowest BCUT2D eigenvalue weighted by Crippen LogP contribution is -2.37. The average molecular weight is 294 g/mol. The molecule has 0 bridgehead atoms. The third-order valence-corrected chi connectivity index (χ3v) is 4.95. The summed E-state index contributed by atoms with van der Waals surface area (Å²) < 4.78 is 0. The second-order valence-corrected chi connectivity index (χ2v) is 6.07. The van der Waals surface area contributed by atoms with Crippen LogP contribution in [0, 0.1) is 17.2 Å². The molecule has 2 rings (SSSR count). The quantitative estimate of drug-likeness (QED) is 0.765. The van der Waals surface area contributed by atoms with E-state index in [1.54, 1.807) is 6.92 Å². The van der Waals surface area contributed by atoms with E-state index in [2.05, 4.69) is 0 Å². The van der Waals surface area contributed by atoms with Gasteiger partial charge in [-0.3, -0.25) is 4.79 Å². The van der Waals surface area contributed by atoms with Crippen LogP contribution in [0.25, 0.3) is 0 Å². The number of thiophene rings is 1. The van der Waals surface area contributed by atoms with Crippen molar-refractivity contribution in [3.8, 4) is 6.07 Å². The predicted molar refractivity (Wildman–Crippen MR) is 78.6 cm³/mol. The Morgan fingerprint density at radius 3 is 2.60 bits per heavy atom. The molecule has 2 heterocycles. The van der Waals surface area contributed by atoms with Crippen LogP contribution < -0.4 is 16.4 Å². The van der Waals surface area contributed by atoms with E-state index >= 15 is 0 Å². The lowest BCUT2D eigenvalue weighted by atomic mass is 9.92. The molecule has 1 aromatic rings. The van der Waals surface area contributed by atoms with Crippen molar-refractivity contribution in [3.63, 3.8) is 0 Å². The topological polar surface area (TPSA) is 116 Å². The number of piperidine rings is 1. The van der Waals surface area contributed by atoms with E-state index in [9.17, 15) is 9.90 Å². The van der Waals surface area contributed by atoms with E-state index in [-0.39, 0.29) is 23.3 Å². The fraction of sp³-hybridized carbons (Fsp3) is 0.538. The maximum absolute atomic E-state index is 11.6. The van der Waals surface area contributed by atoms with Crippen LogP contribution >= 0.6 is 11.3 Å². The number of rotatable bonds is 3. The van der Waals surface area contributed by atoms with Crippen LogP contribution in [0.15, 0.2) is 0 Å². The summed E-state index contributed by atoms with van der Waals surface area (Å²) in [5.74, 6) is -0.330. The molecule has 1 saturated heterocycles. The molecule has 0 radical (unpaired) electrons. The molecule has 0 aliphatic carbocycles. The molecule has 5 N–H and O–H groups in total. The molecular weight excluding hydrogens is 276 g/mol. The van der Waals surface area contributed by atoms with Crippen molar-refractivity contribution < 1.29 is 9.90 Å². The Morgan fingerprint density at radius 1 is 1.55 bits per heavy atom. The van der Waals surface area contributed by atoms with E-state index in [1.165, 1.54) is 11.3 Å². The van der Waals surface area contributed by atoms with Crippen molar-refractivity contribution in [2.24, 2.45) is 11.7 Å². The first-order valence-corrected chi connectivity index (χ1v) is 7.32. The molecule has 1 fully saturated rings. The highest BCUT2D eigenvalue weighted by Crippen LogP contribution is 2.39. The van der Waals surface area contributed by atoms with Crippen molar-refractivity contribution in [3.05, 3.63) is 10.4 Å². The fourth-order valence-corrected chi connectivity index (χ4v) is 3.64. The molecule has 0 aromatic carbocycles. The summed E-state index contributed by atoms with van der Waals surface area (Å²) in [6.07, 6.45) is 1.36. The van der Waals surface area contributed by atoms with Gasteiger partial charge in [0.05, 0.1) is 17.4 Å². The standard InChI is InChI=1S/C13H18N4O2S/c1-7(18)8-2-4-17(5-3-8)13-10(12(16)19)11(15)9(6-14)20-13/h7-8,18H,2-5,15H2,1H3,(H2,16,19). The summed E-state index contributed by atoms with van der Waals surface area (Å²) in [4.78, 5) is 13.9. The highest BCUT2D eigenvalue weighted by molar-refractivity contribution is 7.17. The second kappa shape index (κ2) is 5.69. The first-order valence-electron chi connectivity index (χ1n) is 6.50. The molecule has 0 saturated carbocycles. The molecule has 1 atom stereocenters. The van der Waals surface area contributed by atoms with Crippen LogP contribution in [0.5, 0.6) is 0 Å². The first-order chi connectivity index (χ1) is 9.45. The average Bonchev–Trinajstić information content (AvgIpc) is 2.75. The number of aliphatic hydroxyl groups excluding tert-OH is 1. The number of amides is 1. The minimum Gasteiger partial charge on any atom is -0.396 e. The summed E-state index contributed by atoms with van der Waals surface area (Å²) in [5, 5.41) is 19.3. The van der Waals surface area contributed by atoms with Crippen molar-refractivity contribution in [1.82, 2.24) is 0 Å². The largest absolute Gasteiger partial charge is 0.396 e. The van der Waals surface area contributed by atoms with E-state index in [1.807, 2.05) is 11.0 Å². The van der Waals surface area contributed by atoms with Gasteiger partial charge in [-0.15, -0.1) is 11.3 Å². The number of carbonyl (C=O) groups excluding carboxylic acids is 1. The van der Waals surface area contributed by atoms with Crippen LogP contribution in [0.4, 0.5) is 10.7 Å². The molecule has 1 aliphatic heterocycles. The van der Waals surface area contributed by atoms with E-state index < -0.39 is 5.91 Å².